The Morgan fingerprint density at radius 1 is 1.24 bits per heavy atom. The van der Waals surface area contributed by atoms with E-state index in [1.165, 1.54) is 12.1 Å². The predicted molar refractivity (Wildman–Crippen MR) is 130 cm³/mol. The lowest BCUT2D eigenvalue weighted by Gasteiger charge is -2.19. The predicted octanol–water partition coefficient (Wildman–Crippen LogP) is 4.09. The topological polar surface area (TPSA) is 79.9 Å². The van der Waals surface area contributed by atoms with Crippen LogP contribution in [0.3, 0.4) is 0 Å². The number of methoxy groups -OCH3 is 1. The monoisotopic (exact) mass is 460 g/mol. The molecule has 1 fully saturated rings. The molecule has 1 atom stereocenters. The second kappa shape index (κ2) is 10.7. The molecule has 0 amide bonds. The second-order valence-electron chi connectivity index (χ2n) is 8.78. The Kier molecular flexibility index (Phi) is 7.51. The minimum absolute atomic E-state index is 0.0257. The number of nitrogens with zero attached hydrogens (tertiary/aromatic N) is 3. The van der Waals surface area contributed by atoms with Crippen molar-refractivity contribution >= 4 is 0 Å². The Morgan fingerprint density at radius 2 is 2.00 bits per heavy atom. The highest BCUT2D eigenvalue weighted by atomic mass is 19.1. The van der Waals surface area contributed by atoms with Crippen molar-refractivity contribution in [2.75, 3.05) is 26.8 Å². The van der Waals surface area contributed by atoms with Gasteiger partial charge in [-0.3, -0.25) is 4.79 Å². The Balaban J connectivity index is 1.91. The molecular formula is C27H29FN4O2. The average Bonchev–Trinajstić information content (AvgIpc) is 3.36. The second-order valence-corrected chi connectivity index (χ2v) is 8.78. The molecule has 1 N–H and O–H groups in total. The highest BCUT2D eigenvalue weighted by Gasteiger charge is 2.22. The number of aryl methyl sites for hydroxylation is 2. The summed E-state index contributed by atoms with van der Waals surface area (Å²) in [6.45, 7) is 4.66. The number of halogens is 1. The first-order chi connectivity index (χ1) is 16.5. The normalized spacial score (nSPS) is 15.4. The van der Waals surface area contributed by atoms with Crippen molar-refractivity contribution in [2.45, 2.75) is 32.7 Å². The van der Waals surface area contributed by atoms with Crippen LogP contribution in [-0.2, 0) is 17.7 Å². The third kappa shape index (κ3) is 5.09. The molecule has 0 bridgehead atoms. The SMILES string of the molecule is COCCn1c(-c2ccc(C)cc2)c(-c2ccc(C#N)c(F)c2)nc(CC[C@H]2CCNC2)c1=O. The summed E-state index contributed by atoms with van der Waals surface area (Å²) in [5.74, 6) is -0.0916. The molecule has 1 aromatic heterocycles. The molecule has 0 aliphatic carbocycles. The molecule has 4 rings (SSSR count). The maximum atomic E-state index is 14.6. The average molecular weight is 461 g/mol. The zero-order chi connectivity index (χ0) is 24.1. The summed E-state index contributed by atoms with van der Waals surface area (Å²) in [5.41, 5.74) is 3.90. The van der Waals surface area contributed by atoms with Crippen LogP contribution in [0, 0.1) is 30.0 Å². The molecule has 34 heavy (non-hydrogen) atoms. The number of rotatable bonds is 8. The van der Waals surface area contributed by atoms with Crippen molar-refractivity contribution in [3.8, 4) is 28.6 Å². The van der Waals surface area contributed by atoms with Gasteiger partial charge in [-0.25, -0.2) is 9.37 Å². The number of aromatic nitrogens is 2. The quantitative estimate of drug-likeness (QED) is 0.548. The van der Waals surface area contributed by atoms with Gasteiger partial charge in [0.15, 0.2) is 0 Å². The number of nitriles is 1. The molecule has 0 spiro atoms. The van der Waals surface area contributed by atoms with E-state index in [0.717, 1.165) is 37.1 Å². The molecule has 1 aliphatic heterocycles. The molecule has 0 unspecified atom stereocenters. The van der Waals surface area contributed by atoms with Crippen LogP contribution in [0.2, 0.25) is 0 Å². The molecule has 2 aromatic carbocycles. The minimum Gasteiger partial charge on any atom is -0.383 e. The van der Waals surface area contributed by atoms with Crippen molar-refractivity contribution in [2.24, 2.45) is 5.92 Å². The van der Waals surface area contributed by atoms with E-state index >= 15 is 0 Å². The van der Waals surface area contributed by atoms with Crippen LogP contribution in [0.25, 0.3) is 22.5 Å². The number of hydrogen-bond donors (Lipinski definition) is 1. The number of ether oxygens (including phenoxy) is 1. The first kappa shape index (κ1) is 23.8. The molecular weight excluding hydrogens is 431 g/mol. The summed E-state index contributed by atoms with van der Waals surface area (Å²) < 4.78 is 21.6. The van der Waals surface area contributed by atoms with Crippen molar-refractivity contribution in [1.82, 2.24) is 14.9 Å². The van der Waals surface area contributed by atoms with E-state index in [9.17, 15) is 9.18 Å². The maximum Gasteiger partial charge on any atom is 0.272 e. The summed E-state index contributed by atoms with van der Waals surface area (Å²) in [6.07, 6.45) is 2.51. The molecule has 0 radical (unpaired) electrons. The van der Waals surface area contributed by atoms with Crippen LogP contribution in [0.1, 0.15) is 29.7 Å². The fourth-order valence-electron chi connectivity index (χ4n) is 4.44. The highest BCUT2D eigenvalue weighted by molar-refractivity contribution is 5.78. The molecule has 176 valence electrons. The van der Waals surface area contributed by atoms with E-state index in [1.54, 1.807) is 17.7 Å². The van der Waals surface area contributed by atoms with Gasteiger partial charge < -0.3 is 14.6 Å². The van der Waals surface area contributed by atoms with Gasteiger partial charge in [0.1, 0.15) is 17.6 Å². The number of hydrogen-bond acceptors (Lipinski definition) is 5. The highest BCUT2D eigenvalue weighted by Crippen LogP contribution is 2.31. The lowest BCUT2D eigenvalue weighted by Crippen LogP contribution is -2.29. The van der Waals surface area contributed by atoms with Gasteiger partial charge in [-0.2, -0.15) is 5.26 Å². The minimum atomic E-state index is -0.607. The van der Waals surface area contributed by atoms with Gasteiger partial charge in [0, 0.05) is 24.8 Å². The van der Waals surface area contributed by atoms with Gasteiger partial charge in [-0.1, -0.05) is 35.9 Å². The van der Waals surface area contributed by atoms with E-state index in [0.29, 0.717) is 48.1 Å². The van der Waals surface area contributed by atoms with Gasteiger partial charge in [-0.05, 0) is 57.3 Å². The maximum absolute atomic E-state index is 14.6. The lowest BCUT2D eigenvalue weighted by atomic mass is 9.99. The summed E-state index contributed by atoms with van der Waals surface area (Å²) in [6, 6.07) is 14.2. The van der Waals surface area contributed by atoms with Gasteiger partial charge in [0.05, 0.1) is 23.6 Å². The van der Waals surface area contributed by atoms with E-state index in [-0.39, 0.29) is 11.1 Å². The summed E-state index contributed by atoms with van der Waals surface area (Å²) in [4.78, 5) is 18.4. The molecule has 3 aromatic rings. The van der Waals surface area contributed by atoms with Crippen molar-refractivity contribution in [1.29, 1.82) is 5.26 Å². The van der Waals surface area contributed by atoms with Crippen LogP contribution in [0.4, 0.5) is 4.39 Å². The zero-order valence-corrected chi connectivity index (χ0v) is 19.6. The molecule has 2 heterocycles. The first-order valence-corrected chi connectivity index (χ1v) is 11.6. The standard InChI is InChI=1S/C27H29FN4O2/c1-18-3-6-20(7-4-18)26-25(21-8-9-22(16-29)23(28)15-21)31-24(10-5-19-11-12-30-17-19)27(33)32(26)13-14-34-2/h3-4,6-9,15,19,30H,5,10-14,17H2,1-2H3/t19-/m0/s1. The Bertz CT molecular complexity index is 1260. The third-order valence-electron chi connectivity index (χ3n) is 6.39. The Hall–Kier alpha value is -3.34. The first-order valence-electron chi connectivity index (χ1n) is 11.6. The molecule has 0 saturated carbocycles. The third-order valence-corrected chi connectivity index (χ3v) is 6.39. The Labute approximate surface area is 199 Å². The summed E-state index contributed by atoms with van der Waals surface area (Å²) in [7, 11) is 1.60. The fourth-order valence-corrected chi connectivity index (χ4v) is 4.44. The smallest absolute Gasteiger partial charge is 0.272 e. The van der Waals surface area contributed by atoms with Crippen LogP contribution >= 0.6 is 0 Å². The molecule has 1 aliphatic rings. The molecule has 6 nitrogen and oxygen atoms in total. The van der Waals surface area contributed by atoms with Crippen LogP contribution in [0.5, 0.6) is 0 Å². The van der Waals surface area contributed by atoms with Crippen LogP contribution < -0.4 is 10.9 Å². The van der Waals surface area contributed by atoms with Gasteiger partial charge in [-0.15, -0.1) is 0 Å². The van der Waals surface area contributed by atoms with Gasteiger partial charge in [0.2, 0.25) is 0 Å². The Morgan fingerprint density at radius 3 is 2.65 bits per heavy atom. The van der Waals surface area contributed by atoms with Gasteiger partial charge in [0.25, 0.3) is 5.56 Å². The zero-order valence-electron chi connectivity index (χ0n) is 19.6. The van der Waals surface area contributed by atoms with E-state index in [4.69, 9.17) is 15.0 Å². The molecule has 1 saturated heterocycles. The van der Waals surface area contributed by atoms with Crippen molar-refractivity contribution < 1.29 is 9.13 Å². The fraction of sp³-hybridized carbons (Fsp3) is 0.370. The van der Waals surface area contributed by atoms with E-state index in [2.05, 4.69) is 5.32 Å². The summed E-state index contributed by atoms with van der Waals surface area (Å²) in [5, 5.41) is 12.5. The molecule has 7 heteroatoms. The lowest BCUT2D eigenvalue weighted by molar-refractivity contribution is 0.186. The van der Waals surface area contributed by atoms with E-state index < -0.39 is 5.82 Å². The van der Waals surface area contributed by atoms with Crippen LogP contribution in [0.15, 0.2) is 47.3 Å². The summed E-state index contributed by atoms with van der Waals surface area (Å²) >= 11 is 0. The van der Waals surface area contributed by atoms with Crippen molar-refractivity contribution in [3.05, 3.63) is 75.5 Å². The number of nitrogens with one attached hydrogen (secondary N) is 1. The largest absolute Gasteiger partial charge is 0.383 e. The van der Waals surface area contributed by atoms with Gasteiger partial charge >= 0.3 is 0 Å². The van der Waals surface area contributed by atoms with E-state index in [1.807, 2.05) is 37.3 Å². The van der Waals surface area contributed by atoms with Crippen molar-refractivity contribution in [3.63, 3.8) is 0 Å². The number of benzene rings is 2. The van der Waals surface area contributed by atoms with Crippen LogP contribution in [-0.4, -0.2) is 36.4 Å².